The minimum atomic E-state index is -0.233. The third kappa shape index (κ3) is 5.50. The molecule has 5 nitrogen and oxygen atoms in total. The fourth-order valence-electron chi connectivity index (χ4n) is 3.23. The van der Waals surface area contributed by atoms with Crippen LogP contribution in [-0.4, -0.2) is 48.1 Å². The molecule has 6 heteroatoms. The van der Waals surface area contributed by atoms with E-state index in [1.54, 1.807) is 18.3 Å². The second-order valence-electron chi connectivity index (χ2n) is 6.70. The van der Waals surface area contributed by atoms with Crippen molar-refractivity contribution in [2.75, 3.05) is 26.2 Å². The Kier molecular flexibility index (Phi) is 6.76. The van der Waals surface area contributed by atoms with Gasteiger partial charge in [0.25, 0.3) is 0 Å². The molecule has 1 fully saturated rings. The van der Waals surface area contributed by atoms with Crippen LogP contribution in [0, 0.1) is 5.82 Å². The van der Waals surface area contributed by atoms with E-state index < -0.39 is 0 Å². The number of aliphatic imine (C=N–C) groups is 1. The lowest BCUT2D eigenvalue weighted by molar-refractivity contribution is -0.0605. The summed E-state index contributed by atoms with van der Waals surface area (Å²) in [5.41, 5.74) is 2.02. The smallest absolute Gasteiger partial charge is 0.194 e. The van der Waals surface area contributed by atoms with Crippen molar-refractivity contribution in [2.24, 2.45) is 4.99 Å². The third-order valence-electron chi connectivity index (χ3n) is 4.49. The van der Waals surface area contributed by atoms with Gasteiger partial charge < -0.3 is 15.0 Å². The average molecular weight is 370 g/mol. The van der Waals surface area contributed by atoms with E-state index in [1.807, 2.05) is 18.2 Å². The van der Waals surface area contributed by atoms with Crippen LogP contribution in [0.4, 0.5) is 4.39 Å². The standard InChI is InChI=1S/C21H27FN4O/c1-3-23-21(25-13-11-19-6-4-5-12-24-19)26-14-16(2)27-20(15-26)17-7-9-18(22)10-8-17/h4-10,12,16,20H,3,11,13-15H2,1-2H3,(H,23,25). The third-order valence-corrected chi connectivity index (χ3v) is 4.49. The highest BCUT2D eigenvalue weighted by Gasteiger charge is 2.28. The molecule has 3 rings (SSSR count). The second kappa shape index (κ2) is 9.46. The predicted molar refractivity (Wildman–Crippen MR) is 105 cm³/mol. The van der Waals surface area contributed by atoms with E-state index in [4.69, 9.17) is 9.73 Å². The Balaban J connectivity index is 1.69. The number of ether oxygens (including phenoxy) is 1. The fraction of sp³-hybridized carbons (Fsp3) is 0.429. The lowest BCUT2D eigenvalue weighted by Crippen LogP contribution is -2.50. The van der Waals surface area contributed by atoms with E-state index in [-0.39, 0.29) is 18.0 Å². The normalized spacial score (nSPS) is 20.6. The Bertz CT molecular complexity index is 736. The summed E-state index contributed by atoms with van der Waals surface area (Å²) in [6.07, 6.45) is 2.57. The Labute approximate surface area is 160 Å². The molecular formula is C21H27FN4O. The SMILES string of the molecule is CCNC(=NCCc1ccccn1)N1CC(C)OC(c2ccc(F)cc2)C1. The van der Waals surface area contributed by atoms with Crippen LogP contribution in [0.15, 0.2) is 53.7 Å². The molecule has 0 saturated carbocycles. The number of morpholine rings is 1. The zero-order valence-electron chi connectivity index (χ0n) is 15.9. The first-order chi connectivity index (χ1) is 13.2. The Morgan fingerprint density at radius 1 is 1.26 bits per heavy atom. The molecular weight excluding hydrogens is 343 g/mol. The van der Waals surface area contributed by atoms with E-state index in [2.05, 4.69) is 29.0 Å². The summed E-state index contributed by atoms with van der Waals surface area (Å²) >= 11 is 0. The highest BCUT2D eigenvalue weighted by atomic mass is 19.1. The molecule has 0 aliphatic carbocycles. The Morgan fingerprint density at radius 3 is 2.78 bits per heavy atom. The molecule has 1 aliphatic heterocycles. The fourth-order valence-corrected chi connectivity index (χ4v) is 3.23. The summed E-state index contributed by atoms with van der Waals surface area (Å²) in [5, 5.41) is 3.38. The van der Waals surface area contributed by atoms with Crippen LogP contribution < -0.4 is 5.32 Å². The molecule has 1 aliphatic rings. The first-order valence-corrected chi connectivity index (χ1v) is 9.49. The molecule has 1 saturated heterocycles. The van der Waals surface area contributed by atoms with Gasteiger partial charge in [-0.2, -0.15) is 0 Å². The molecule has 0 bridgehead atoms. The van der Waals surface area contributed by atoms with Crippen LogP contribution in [0.1, 0.15) is 31.2 Å². The number of guanidine groups is 1. The topological polar surface area (TPSA) is 49.8 Å². The molecule has 1 aromatic heterocycles. The summed E-state index contributed by atoms with van der Waals surface area (Å²) in [7, 11) is 0. The number of nitrogens with one attached hydrogen (secondary N) is 1. The van der Waals surface area contributed by atoms with Gasteiger partial charge in [0.05, 0.1) is 12.6 Å². The molecule has 144 valence electrons. The first-order valence-electron chi connectivity index (χ1n) is 9.49. The van der Waals surface area contributed by atoms with Crippen molar-refractivity contribution in [3.8, 4) is 0 Å². The largest absolute Gasteiger partial charge is 0.367 e. The molecule has 2 aromatic rings. The van der Waals surface area contributed by atoms with Crippen molar-refractivity contribution < 1.29 is 9.13 Å². The van der Waals surface area contributed by atoms with Crippen molar-refractivity contribution in [1.82, 2.24) is 15.2 Å². The molecule has 1 N–H and O–H groups in total. The van der Waals surface area contributed by atoms with Gasteiger partial charge in [0.15, 0.2) is 5.96 Å². The molecule has 2 atom stereocenters. The van der Waals surface area contributed by atoms with Gasteiger partial charge in [-0.25, -0.2) is 4.39 Å². The number of hydrogen-bond acceptors (Lipinski definition) is 3. The van der Waals surface area contributed by atoms with Gasteiger partial charge in [0.2, 0.25) is 0 Å². The molecule has 0 radical (unpaired) electrons. The van der Waals surface area contributed by atoms with E-state index >= 15 is 0 Å². The number of nitrogens with zero attached hydrogens (tertiary/aromatic N) is 3. The predicted octanol–water partition coefficient (Wildman–Crippen LogP) is 3.19. The van der Waals surface area contributed by atoms with Crippen LogP contribution in [0.3, 0.4) is 0 Å². The van der Waals surface area contributed by atoms with Crippen LogP contribution in [0.5, 0.6) is 0 Å². The molecule has 27 heavy (non-hydrogen) atoms. The summed E-state index contributed by atoms with van der Waals surface area (Å²) in [6.45, 7) is 7.05. The van der Waals surface area contributed by atoms with Crippen LogP contribution in [0.2, 0.25) is 0 Å². The lowest BCUT2D eigenvalue weighted by Gasteiger charge is -2.38. The van der Waals surface area contributed by atoms with E-state index in [0.29, 0.717) is 13.1 Å². The average Bonchev–Trinajstić information content (AvgIpc) is 2.68. The van der Waals surface area contributed by atoms with Gasteiger partial charge in [-0.15, -0.1) is 0 Å². The number of halogens is 1. The van der Waals surface area contributed by atoms with Crippen molar-refractivity contribution in [3.63, 3.8) is 0 Å². The molecule has 1 aromatic carbocycles. The second-order valence-corrected chi connectivity index (χ2v) is 6.70. The molecule has 0 spiro atoms. The molecule has 2 unspecified atom stereocenters. The molecule has 0 amide bonds. The van der Waals surface area contributed by atoms with Gasteiger partial charge in [0.1, 0.15) is 11.9 Å². The summed E-state index contributed by atoms with van der Waals surface area (Å²) < 4.78 is 19.3. The van der Waals surface area contributed by atoms with Gasteiger partial charge in [-0.1, -0.05) is 18.2 Å². The van der Waals surface area contributed by atoms with Gasteiger partial charge in [0, 0.05) is 37.9 Å². The lowest BCUT2D eigenvalue weighted by atomic mass is 10.1. The number of rotatable bonds is 5. The van der Waals surface area contributed by atoms with E-state index in [0.717, 1.165) is 36.7 Å². The maximum absolute atomic E-state index is 13.2. The first kappa shape index (κ1) is 19.3. The van der Waals surface area contributed by atoms with E-state index in [1.165, 1.54) is 12.1 Å². The summed E-state index contributed by atoms with van der Waals surface area (Å²) in [5.74, 6) is 0.652. The van der Waals surface area contributed by atoms with Crippen molar-refractivity contribution in [1.29, 1.82) is 0 Å². The number of aromatic nitrogens is 1. The van der Waals surface area contributed by atoms with Crippen molar-refractivity contribution in [3.05, 3.63) is 65.7 Å². The van der Waals surface area contributed by atoms with Gasteiger partial charge >= 0.3 is 0 Å². The minimum absolute atomic E-state index is 0.0634. The summed E-state index contributed by atoms with van der Waals surface area (Å²) in [4.78, 5) is 11.4. The number of hydrogen-bond donors (Lipinski definition) is 1. The van der Waals surface area contributed by atoms with Gasteiger partial charge in [-0.3, -0.25) is 9.98 Å². The Hall–Kier alpha value is -2.47. The van der Waals surface area contributed by atoms with Crippen LogP contribution in [0.25, 0.3) is 0 Å². The van der Waals surface area contributed by atoms with E-state index in [9.17, 15) is 4.39 Å². The highest BCUT2D eigenvalue weighted by Crippen LogP contribution is 2.25. The van der Waals surface area contributed by atoms with Crippen molar-refractivity contribution >= 4 is 5.96 Å². The van der Waals surface area contributed by atoms with Crippen LogP contribution >= 0.6 is 0 Å². The van der Waals surface area contributed by atoms with Gasteiger partial charge in [-0.05, 0) is 43.7 Å². The Morgan fingerprint density at radius 2 is 2.07 bits per heavy atom. The molecule has 2 heterocycles. The quantitative estimate of drug-likeness (QED) is 0.649. The zero-order valence-corrected chi connectivity index (χ0v) is 15.9. The number of benzene rings is 1. The maximum atomic E-state index is 13.2. The van der Waals surface area contributed by atoms with Crippen LogP contribution in [-0.2, 0) is 11.2 Å². The number of pyridine rings is 1. The minimum Gasteiger partial charge on any atom is -0.367 e. The monoisotopic (exact) mass is 370 g/mol. The maximum Gasteiger partial charge on any atom is 0.194 e. The zero-order chi connectivity index (χ0) is 19.1. The highest BCUT2D eigenvalue weighted by molar-refractivity contribution is 5.80. The van der Waals surface area contributed by atoms with Crippen molar-refractivity contribution in [2.45, 2.75) is 32.5 Å². The summed E-state index contributed by atoms with van der Waals surface area (Å²) in [6, 6.07) is 12.5.